The Balaban J connectivity index is 1.43. The minimum atomic E-state index is -0.172. The van der Waals surface area contributed by atoms with E-state index in [2.05, 4.69) is 53.6 Å². The Morgan fingerprint density at radius 3 is 2.35 bits per heavy atom. The SMILES string of the molecule is CCCCCCCOc1ccc(/C=N/N=C2\NC(=O)C(Cc3ccc(CCCC)cc3)S2)cc1. The number of rotatable bonds is 14. The summed E-state index contributed by atoms with van der Waals surface area (Å²) in [4.78, 5) is 12.3. The minimum Gasteiger partial charge on any atom is -0.494 e. The Kier molecular flexibility index (Phi) is 11.2. The van der Waals surface area contributed by atoms with Gasteiger partial charge < -0.3 is 10.1 Å². The van der Waals surface area contributed by atoms with E-state index in [1.54, 1.807) is 6.21 Å². The van der Waals surface area contributed by atoms with E-state index in [4.69, 9.17) is 4.74 Å². The fourth-order valence-electron chi connectivity index (χ4n) is 3.72. The lowest BCUT2D eigenvalue weighted by molar-refractivity contribution is -0.118. The highest BCUT2D eigenvalue weighted by Crippen LogP contribution is 2.24. The lowest BCUT2D eigenvalue weighted by Gasteiger charge is -2.06. The van der Waals surface area contributed by atoms with Gasteiger partial charge in [-0.1, -0.05) is 82.0 Å². The molecule has 3 rings (SSSR count). The van der Waals surface area contributed by atoms with Crippen molar-refractivity contribution in [1.82, 2.24) is 5.32 Å². The van der Waals surface area contributed by atoms with Crippen LogP contribution < -0.4 is 10.1 Å². The number of benzene rings is 2. The van der Waals surface area contributed by atoms with Crippen molar-refractivity contribution in [2.24, 2.45) is 10.2 Å². The monoisotopic (exact) mass is 479 g/mol. The lowest BCUT2D eigenvalue weighted by atomic mass is 10.0. The minimum absolute atomic E-state index is 0.00907. The molecule has 1 aliphatic rings. The lowest BCUT2D eigenvalue weighted by Crippen LogP contribution is -2.25. The van der Waals surface area contributed by atoms with Crippen LogP contribution in [0.3, 0.4) is 0 Å². The maximum atomic E-state index is 12.3. The summed E-state index contributed by atoms with van der Waals surface area (Å²) in [6, 6.07) is 16.4. The quantitative estimate of drug-likeness (QED) is 0.190. The Labute approximate surface area is 208 Å². The Hall–Kier alpha value is -2.60. The summed E-state index contributed by atoms with van der Waals surface area (Å²) in [5.74, 6) is 0.865. The zero-order valence-corrected chi connectivity index (χ0v) is 21.3. The first-order valence-corrected chi connectivity index (χ1v) is 13.4. The highest BCUT2D eigenvalue weighted by Gasteiger charge is 2.30. The maximum Gasteiger partial charge on any atom is 0.239 e. The van der Waals surface area contributed by atoms with E-state index in [9.17, 15) is 4.79 Å². The van der Waals surface area contributed by atoms with Crippen molar-refractivity contribution in [1.29, 1.82) is 0 Å². The molecule has 1 amide bonds. The molecular formula is C28H37N3O2S. The van der Waals surface area contributed by atoms with Gasteiger partial charge >= 0.3 is 0 Å². The molecule has 5 nitrogen and oxygen atoms in total. The molecule has 0 aromatic heterocycles. The number of thioether (sulfide) groups is 1. The fraction of sp³-hybridized carbons (Fsp3) is 0.464. The number of hydrogen-bond donors (Lipinski definition) is 1. The number of carbonyl (C=O) groups excluding carboxylic acids is 1. The zero-order chi connectivity index (χ0) is 24.0. The van der Waals surface area contributed by atoms with Crippen molar-refractivity contribution < 1.29 is 9.53 Å². The third-order valence-electron chi connectivity index (χ3n) is 5.79. The molecule has 1 unspecified atom stereocenters. The van der Waals surface area contributed by atoms with Crippen LogP contribution in [0.4, 0.5) is 0 Å². The van der Waals surface area contributed by atoms with Crippen LogP contribution in [0.1, 0.15) is 75.5 Å². The van der Waals surface area contributed by atoms with E-state index < -0.39 is 0 Å². The second-order valence-corrected chi connectivity index (χ2v) is 9.89. The topological polar surface area (TPSA) is 63.1 Å². The van der Waals surface area contributed by atoms with Crippen LogP contribution in [0.25, 0.3) is 0 Å². The molecule has 1 aliphatic heterocycles. The Morgan fingerprint density at radius 1 is 0.912 bits per heavy atom. The predicted molar refractivity (Wildman–Crippen MR) is 144 cm³/mol. The number of aryl methyl sites for hydroxylation is 1. The average Bonchev–Trinajstić information content (AvgIpc) is 3.20. The molecule has 1 heterocycles. The second kappa shape index (κ2) is 14.6. The maximum absolute atomic E-state index is 12.3. The molecular weight excluding hydrogens is 442 g/mol. The smallest absolute Gasteiger partial charge is 0.239 e. The number of ether oxygens (including phenoxy) is 1. The third-order valence-corrected chi connectivity index (χ3v) is 6.86. The molecule has 2 aromatic rings. The first-order valence-electron chi connectivity index (χ1n) is 12.6. The molecule has 1 N–H and O–H groups in total. The van der Waals surface area contributed by atoms with Crippen molar-refractivity contribution >= 4 is 29.1 Å². The number of hydrogen-bond acceptors (Lipinski definition) is 5. The summed E-state index contributed by atoms with van der Waals surface area (Å²) in [5.41, 5.74) is 3.46. The first kappa shape index (κ1) is 26.0. The van der Waals surface area contributed by atoms with E-state index in [-0.39, 0.29) is 11.2 Å². The van der Waals surface area contributed by atoms with Gasteiger partial charge in [0, 0.05) is 0 Å². The molecule has 0 saturated carbocycles. The summed E-state index contributed by atoms with van der Waals surface area (Å²) < 4.78 is 5.80. The molecule has 1 saturated heterocycles. The van der Waals surface area contributed by atoms with Gasteiger partial charge in [0.2, 0.25) is 5.91 Å². The van der Waals surface area contributed by atoms with Gasteiger partial charge in [0.1, 0.15) is 5.75 Å². The van der Waals surface area contributed by atoms with Gasteiger partial charge in [0.05, 0.1) is 18.1 Å². The van der Waals surface area contributed by atoms with Gasteiger partial charge in [0.25, 0.3) is 0 Å². The first-order chi connectivity index (χ1) is 16.7. The van der Waals surface area contributed by atoms with E-state index in [0.717, 1.165) is 30.8 Å². The fourth-order valence-corrected chi connectivity index (χ4v) is 4.68. The molecule has 1 atom stereocenters. The Bertz CT molecular complexity index is 939. The van der Waals surface area contributed by atoms with E-state index in [0.29, 0.717) is 11.6 Å². The summed E-state index contributed by atoms with van der Waals surface area (Å²) >= 11 is 1.44. The van der Waals surface area contributed by atoms with Gasteiger partial charge in [-0.2, -0.15) is 5.10 Å². The predicted octanol–water partition coefficient (Wildman–Crippen LogP) is 6.54. The molecule has 34 heavy (non-hydrogen) atoms. The number of nitrogens with one attached hydrogen (secondary N) is 1. The number of carbonyl (C=O) groups is 1. The third kappa shape index (κ3) is 8.98. The number of amidine groups is 1. The van der Waals surface area contributed by atoms with Crippen LogP contribution in [0.15, 0.2) is 58.7 Å². The number of amides is 1. The average molecular weight is 480 g/mol. The molecule has 1 fully saturated rings. The van der Waals surface area contributed by atoms with Crippen LogP contribution in [0.2, 0.25) is 0 Å². The van der Waals surface area contributed by atoms with Crippen LogP contribution in [0, 0.1) is 0 Å². The summed E-state index contributed by atoms with van der Waals surface area (Å²) in [6.07, 6.45) is 12.0. The van der Waals surface area contributed by atoms with Gasteiger partial charge in [0.15, 0.2) is 5.17 Å². The summed E-state index contributed by atoms with van der Waals surface area (Å²) in [5, 5.41) is 11.6. The van der Waals surface area contributed by atoms with Crippen LogP contribution in [-0.2, 0) is 17.6 Å². The van der Waals surface area contributed by atoms with Gasteiger partial charge in [-0.05, 0) is 66.6 Å². The van der Waals surface area contributed by atoms with Crippen molar-refractivity contribution in [2.75, 3.05) is 6.61 Å². The Morgan fingerprint density at radius 2 is 1.62 bits per heavy atom. The van der Waals surface area contributed by atoms with Gasteiger partial charge in [-0.3, -0.25) is 4.79 Å². The largest absolute Gasteiger partial charge is 0.494 e. The molecule has 0 spiro atoms. The van der Waals surface area contributed by atoms with E-state index >= 15 is 0 Å². The van der Waals surface area contributed by atoms with Crippen molar-refractivity contribution in [3.63, 3.8) is 0 Å². The van der Waals surface area contributed by atoms with Crippen LogP contribution >= 0.6 is 11.8 Å². The summed E-state index contributed by atoms with van der Waals surface area (Å²) in [7, 11) is 0. The highest BCUT2D eigenvalue weighted by molar-refractivity contribution is 8.15. The van der Waals surface area contributed by atoms with Crippen molar-refractivity contribution in [2.45, 2.75) is 76.9 Å². The van der Waals surface area contributed by atoms with Crippen LogP contribution in [-0.4, -0.2) is 29.1 Å². The molecule has 2 aromatic carbocycles. The zero-order valence-electron chi connectivity index (χ0n) is 20.5. The van der Waals surface area contributed by atoms with E-state index in [1.165, 1.54) is 61.4 Å². The van der Waals surface area contributed by atoms with Gasteiger partial charge in [-0.25, -0.2) is 0 Å². The summed E-state index contributed by atoms with van der Waals surface area (Å²) in [6.45, 7) is 5.18. The van der Waals surface area contributed by atoms with Crippen LogP contribution in [0.5, 0.6) is 5.75 Å². The van der Waals surface area contributed by atoms with E-state index in [1.807, 2.05) is 24.3 Å². The van der Waals surface area contributed by atoms with Crippen molar-refractivity contribution in [3.8, 4) is 5.75 Å². The molecule has 6 heteroatoms. The number of unbranched alkanes of at least 4 members (excludes halogenated alkanes) is 5. The van der Waals surface area contributed by atoms with Crippen molar-refractivity contribution in [3.05, 3.63) is 65.2 Å². The standard InChI is InChI=1S/C28H37N3O2S/c1-3-5-7-8-9-19-33-25-17-15-24(16-18-25)21-29-31-28-30-27(32)26(34-28)20-23-13-11-22(12-14-23)10-6-4-2/h11-18,21,26H,3-10,19-20H2,1-2H3,(H,30,31,32)/b29-21+. The molecule has 0 radical (unpaired) electrons. The normalized spacial score (nSPS) is 16.9. The second-order valence-electron chi connectivity index (χ2n) is 8.70. The molecule has 0 aliphatic carbocycles. The van der Waals surface area contributed by atoms with Gasteiger partial charge in [-0.15, -0.1) is 5.10 Å². The molecule has 0 bridgehead atoms. The number of nitrogens with zero attached hydrogens (tertiary/aromatic N) is 2. The molecule has 182 valence electrons. The highest BCUT2D eigenvalue weighted by atomic mass is 32.2.